The number of anilines is 1. The number of carbonyl (C=O) groups excluding carboxylic acids is 1. The smallest absolute Gasteiger partial charge is 0.253 e. The quantitative estimate of drug-likeness (QED) is 0.771. The van der Waals surface area contributed by atoms with E-state index < -0.39 is 0 Å². The minimum atomic E-state index is -0.0926. The Morgan fingerprint density at radius 2 is 1.92 bits per heavy atom. The van der Waals surface area contributed by atoms with Crippen LogP contribution in [0.5, 0.6) is 0 Å². The summed E-state index contributed by atoms with van der Waals surface area (Å²) >= 11 is 0. The number of pyridine rings is 1. The predicted molar refractivity (Wildman–Crippen MR) is 93.2 cm³/mol. The zero-order valence-corrected chi connectivity index (χ0v) is 14.0. The van der Waals surface area contributed by atoms with Gasteiger partial charge in [-0.3, -0.25) is 14.5 Å². The highest BCUT2D eigenvalue weighted by Crippen LogP contribution is 2.16. The summed E-state index contributed by atoms with van der Waals surface area (Å²) < 4.78 is 1.72. The summed E-state index contributed by atoms with van der Waals surface area (Å²) in [5, 5.41) is 7.26. The van der Waals surface area contributed by atoms with E-state index in [1.807, 2.05) is 19.2 Å². The van der Waals surface area contributed by atoms with Gasteiger partial charge in [-0.1, -0.05) is 0 Å². The van der Waals surface area contributed by atoms with Crippen LogP contribution in [0.3, 0.4) is 0 Å². The Kier molecular flexibility index (Phi) is 4.01. The molecule has 0 atom stereocenters. The Morgan fingerprint density at radius 1 is 1.16 bits per heavy atom. The number of aryl methyl sites for hydroxylation is 1. The fourth-order valence-corrected chi connectivity index (χ4v) is 3.10. The van der Waals surface area contributed by atoms with Gasteiger partial charge in [-0.15, -0.1) is 0 Å². The van der Waals surface area contributed by atoms with Crippen molar-refractivity contribution in [2.45, 2.75) is 18.9 Å². The summed E-state index contributed by atoms with van der Waals surface area (Å²) in [6.45, 7) is 1.65. The van der Waals surface area contributed by atoms with Gasteiger partial charge in [0.25, 0.3) is 5.91 Å². The number of hydrogen-bond donors (Lipinski definition) is 1. The number of fused-ring (bicyclic) bond motifs is 1. The SMILES string of the molecule is Cn1ncc2ncc(C(=O)NC3CCN(c4ncccn4)CC3)cc21. The maximum Gasteiger partial charge on any atom is 0.253 e. The third-order valence-electron chi connectivity index (χ3n) is 4.53. The van der Waals surface area contributed by atoms with Crippen LogP contribution in [0.25, 0.3) is 11.0 Å². The molecule has 128 valence electrons. The van der Waals surface area contributed by atoms with E-state index in [9.17, 15) is 4.79 Å². The van der Waals surface area contributed by atoms with Crippen molar-refractivity contribution in [3.63, 3.8) is 0 Å². The van der Waals surface area contributed by atoms with Crippen molar-refractivity contribution in [1.82, 2.24) is 30.0 Å². The monoisotopic (exact) mass is 337 g/mol. The summed E-state index contributed by atoms with van der Waals surface area (Å²) in [5.41, 5.74) is 2.20. The van der Waals surface area contributed by atoms with Crippen molar-refractivity contribution < 1.29 is 4.79 Å². The first kappa shape index (κ1) is 15.5. The van der Waals surface area contributed by atoms with E-state index in [1.165, 1.54) is 0 Å². The van der Waals surface area contributed by atoms with E-state index in [-0.39, 0.29) is 11.9 Å². The molecule has 0 aromatic carbocycles. The number of amides is 1. The minimum Gasteiger partial charge on any atom is -0.349 e. The van der Waals surface area contributed by atoms with Gasteiger partial charge in [-0.25, -0.2) is 9.97 Å². The van der Waals surface area contributed by atoms with Gasteiger partial charge in [0.15, 0.2) is 0 Å². The molecule has 8 heteroatoms. The Balaban J connectivity index is 1.39. The Morgan fingerprint density at radius 3 is 2.68 bits per heavy atom. The molecule has 1 N–H and O–H groups in total. The molecule has 0 unspecified atom stereocenters. The summed E-state index contributed by atoms with van der Waals surface area (Å²) in [5.74, 6) is 0.656. The third-order valence-corrected chi connectivity index (χ3v) is 4.53. The van der Waals surface area contributed by atoms with Gasteiger partial charge in [-0.2, -0.15) is 5.10 Å². The molecule has 1 aliphatic heterocycles. The van der Waals surface area contributed by atoms with Crippen molar-refractivity contribution in [3.05, 3.63) is 42.5 Å². The van der Waals surface area contributed by atoms with Gasteiger partial charge < -0.3 is 10.2 Å². The second kappa shape index (κ2) is 6.46. The zero-order valence-electron chi connectivity index (χ0n) is 14.0. The fourth-order valence-electron chi connectivity index (χ4n) is 3.10. The number of aromatic nitrogens is 5. The van der Waals surface area contributed by atoms with Crippen molar-refractivity contribution >= 4 is 22.9 Å². The molecule has 0 saturated carbocycles. The molecule has 1 aliphatic rings. The third kappa shape index (κ3) is 3.15. The predicted octanol–water partition coefficient (Wildman–Crippen LogP) is 1.16. The molecule has 0 bridgehead atoms. The molecule has 0 spiro atoms. The summed E-state index contributed by atoms with van der Waals surface area (Å²) in [7, 11) is 1.84. The van der Waals surface area contributed by atoms with Gasteiger partial charge in [0, 0.05) is 44.8 Å². The highest BCUT2D eigenvalue weighted by Gasteiger charge is 2.22. The van der Waals surface area contributed by atoms with Crippen LogP contribution in [-0.4, -0.2) is 49.8 Å². The molecule has 1 fully saturated rings. The van der Waals surface area contributed by atoms with Gasteiger partial charge >= 0.3 is 0 Å². The van der Waals surface area contributed by atoms with E-state index in [0.717, 1.165) is 42.9 Å². The highest BCUT2D eigenvalue weighted by molar-refractivity contribution is 5.96. The van der Waals surface area contributed by atoms with Crippen LogP contribution in [0, 0.1) is 0 Å². The largest absolute Gasteiger partial charge is 0.349 e. The van der Waals surface area contributed by atoms with Crippen LogP contribution in [-0.2, 0) is 7.05 Å². The molecule has 3 aromatic rings. The van der Waals surface area contributed by atoms with Gasteiger partial charge in [0.2, 0.25) is 5.95 Å². The molecule has 0 aliphatic carbocycles. The van der Waals surface area contributed by atoms with Crippen molar-refractivity contribution in [1.29, 1.82) is 0 Å². The average Bonchev–Trinajstić information content (AvgIpc) is 3.03. The Hall–Kier alpha value is -3.03. The molecule has 1 saturated heterocycles. The van der Waals surface area contributed by atoms with Crippen molar-refractivity contribution in [3.8, 4) is 0 Å². The lowest BCUT2D eigenvalue weighted by atomic mass is 10.0. The highest BCUT2D eigenvalue weighted by atomic mass is 16.1. The molecular formula is C17H19N7O. The maximum absolute atomic E-state index is 12.5. The van der Waals surface area contributed by atoms with Crippen molar-refractivity contribution in [2.24, 2.45) is 7.05 Å². The number of nitrogens with zero attached hydrogens (tertiary/aromatic N) is 6. The first-order valence-corrected chi connectivity index (χ1v) is 8.31. The number of hydrogen-bond acceptors (Lipinski definition) is 6. The second-order valence-electron chi connectivity index (χ2n) is 6.18. The van der Waals surface area contributed by atoms with E-state index in [4.69, 9.17) is 0 Å². The average molecular weight is 337 g/mol. The molecule has 25 heavy (non-hydrogen) atoms. The molecule has 4 heterocycles. The molecule has 0 radical (unpaired) electrons. The van der Waals surface area contributed by atoms with E-state index in [1.54, 1.807) is 29.5 Å². The van der Waals surface area contributed by atoms with Crippen LogP contribution < -0.4 is 10.2 Å². The van der Waals surface area contributed by atoms with Gasteiger partial charge in [0.05, 0.1) is 17.3 Å². The molecule has 1 amide bonds. The van der Waals surface area contributed by atoms with E-state index in [2.05, 4.69) is 30.3 Å². The summed E-state index contributed by atoms with van der Waals surface area (Å²) in [6, 6.07) is 3.79. The standard InChI is InChI=1S/C17H19N7O/c1-23-15-9-12(10-20-14(15)11-21-23)16(25)22-13-3-7-24(8-4-13)17-18-5-2-6-19-17/h2,5-6,9-11,13H,3-4,7-8H2,1H3,(H,22,25). The second-order valence-corrected chi connectivity index (χ2v) is 6.18. The number of piperidine rings is 1. The van der Waals surface area contributed by atoms with Crippen LogP contribution in [0.15, 0.2) is 36.9 Å². The number of rotatable bonds is 3. The summed E-state index contributed by atoms with van der Waals surface area (Å²) in [6.07, 6.45) is 8.52. The van der Waals surface area contributed by atoms with Gasteiger partial charge in [0.1, 0.15) is 5.52 Å². The Labute approximate surface area is 144 Å². The normalized spacial score (nSPS) is 15.5. The van der Waals surface area contributed by atoms with Crippen LogP contribution in [0.1, 0.15) is 23.2 Å². The lowest BCUT2D eigenvalue weighted by molar-refractivity contribution is 0.0931. The van der Waals surface area contributed by atoms with E-state index in [0.29, 0.717) is 5.56 Å². The minimum absolute atomic E-state index is 0.0926. The molecule has 4 rings (SSSR count). The van der Waals surface area contributed by atoms with Crippen LogP contribution >= 0.6 is 0 Å². The van der Waals surface area contributed by atoms with E-state index >= 15 is 0 Å². The first-order valence-electron chi connectivity index (χ1n) is 8.31. The molecule has 8 nitrogen and oxygen atoms in total. The van der Waals surface area contributed by atoms with Crippen LogP contribution in [0.4, 0.5) is 5.95 Å². The topological polar surface area (TPSA) is 88.8 Å². The Bertz CT molecular complexity index is 884. The lowest BCUT2D eigenvalue weighted by Gasteiger charge is -2.32. The lowest BCUT2D eigenvalue weighted by Crippen LogP contribution is -2.45. The van der Waals surface area contributed by atoms with Gasteiger partial charge in [-0.05, 0) is 25.0 Å². The zero-order chi connectivity index (χ0) is 17.2. The maximum atomic E-state index is 12.5. The van der Waals surface area contributed by atoms with Crippen LogP contribution in [0.2, 0.25) is 0 Å². The summed E-state index contributed by atoms with van der Waals surface area (Å²) in [4.78, 5) is 27.5. The first-order chi connectivity index (χ1) is 12.2. The van der Waals surface area contributed by atoms with Crippen molar-refractivity contribution in [2.75, 3.05) is 18.0 Å². The number of nitrogens with one attached hydrogen (secondary N) is 1. The molecular weight excluding hydrogens is 318 g/mol. The molecule has 3 aromatic heterocycles. The fraction of sp³-hybridized carbons (Fsp3) is 0.353. The number of carbonyl (C=O) groups is 1.